The number of aromatic nitrogens is 2. The molecule has 1 aromatic carbocycles. The highest BCUT2D eigenvalue weighted by Gasteiger charge is 2.26. The molecule has 0 saturated carbocycles. The zero-order valence-electron chi connectivity index (χ0n) is 17.3. The summed E-state index contributed by atoms with van der Waals surface area (Å²) in [6.45, 7) is 13.1. The molecule has 2 aromatic rings. The predicted molar refractivity (Wildman–Crippen MR) is 109 cm³/mol. The molecule has 27 heavy (non-hydrogen) atoms. The second-order valence-corrected chi connectivity index (χ2v) is 8.16. The van der Waals surface area contributed by atoms with Crippen molar-refractivity contribution in [2.24, 2.45) is 5.41 Å². The van der Waals surface area contributed by atoms with Gasteiger partial charge >= 0.3 is 0 Å². The van der Waals surface area contributed by atoms with Crippen LogP contribution in [-0.2, 0) is 6.42 Å². The quantitative estimate of drug-likeness (QED) is 0.803. The molecule has 0 radical (unpaired) electrons. The molecule has 1 amide bonds. The van der Waals surface area contributed by atoms with Gasteiger partial charge in [0.05, 0.1) is 17.3 Å². The average molecular weight is 367 g/mol. The van der Waals surface area contributed by atoms with Crippen molar-refractivity contribution in [1.29, 1.82) is 5.26 Å². The fourth-order valence-electron chi connectivity index (χ4n) is 2.90. The third kappa shape index (κ3) is 4.77. The average Bonchev–Trinajstić information content (AvgIpc) is 3.04. The van der Waals surface area contributed by atoms with Crippen LogP contribution >= 0.6 is 0 Å². The number of nitrogens with zero attached hydrogens (tertiary/aromatic N) is 3. The summed E-state index contributed by atoms with van der Waals surface area (Å²) in [6, 6.07) is 9.64. The number of hydrogen-bond donors (Lipinski definition) is 1. The number of amides is 1. The normalized spacial score (nSPS) is 12.5. The Labute approximate surface area is 162 Å². The van der Waals surface area contributed by atoms with Crippen LogP contribution in [0.2, 0.25) is 0 Å². The first-order valence-electron chi connectivity index (χ1n) is 9.61. The van der Waals surface area contributed by atoms with E-state index in [4.69, 9.17) is 10.4 Å². The summed E-state index contributed by atoms with van der Waals surface area (Å²) in [7, 11) is 0. The molecule has 1 heterocycles. The third-order valence-electron chi connectivity index (χ3n) is 4.65. The lowest BCUT2D eigenvalue weighted by molar-refractivity contribution is 0.0925. The molecule has 0 aliphatic heterocycles. The van der Waals surface area contributed by atoms with Gasteiger partial charge in [-0.25, -0.2) is 0 Å². The van der Waals surface area contributed by atoms with Crippen LogP contribution in [0.5, 0.6) is 0 Å². The Morgan fingerprint density at radius 1 is 1.26 bits per heavy atom. The summed E-state index contributed by atoms with van der Waals surface area (Å²) in [5, 5.41) is 16.9. The third-order valence-corrected chi connectivity index (χ3v) is 4.65. The topological polar surface area (TPSA) is 70.7 Å². The highest BCUT2D eigenvalue weighted by Crippen LogP contribution is 2.29. The maximum Gasteiger partial charge on any atom is 0.269 e. The smallest absolute Gasteiger partial charge is 0.269 e. The van der Waals surface area contributed by atoms with Crippen molar-refractivity contribution in [3.63, 3.8) is 0 Å². The van der Waals surface area contributed by atoms with Gasteiger partial charge in [-0.2, -0.15) is 10.4 Å². The summed E-state index contributed by atoms with van der Waals surface area (Å²) in [5.74, 6) is -0.0746. The summed E-state index contributed by atoms with van der Waals surface area (Å²) in [5.41, 5.74) is 3.98. The maximum absolute atomic E-state index is 13.0. The molecule has 0 aliphatic carbocycles. The monoisotopic (exact) mass is 366 g/mol. The van der Waals surface area contributed by atoms with Crippen LogP contribution in [0.1, 0.15) is 75.6 Å². The fourth-order valence-corrected chi connectivity index (χ4v) is 2.90. The molecular weight excluding hydrogens is 336 g/mol. The minimum absolute atomic E-state index is 0.0131. The molecule has 5 nitrogen and oxygen atoms in total. The van der Waals surface area contributed by atoms with E-state index in [2.05, 4.69) is 46.0 Å². The number of carbonyl (C=O) groups is 1. The molecule has 2 rings (SSSR count). The molecule has 1 atom stereocenters. The molecule has 0 aliphatic rings. The van der Waals surface area contributed by atoms with Gasteiger partial charge in [0, 0.05) is 23.7 Å². The summed E-state index contributed by atoms with van der Waals surface area (Å²) in [4.78, 5) is 13.0. The van der Waals surface area contributed by atoms with E-state index in [9.17, 15) is 4.79 Å². The lowest BCUT2D eigenvalue weighted by atomic mass is 9.96. The van der Waals surface area contributed by atoms with Gasteiger partial charge in [0.15, 0.2) is 0 Å². The van der Waals surface area contributed by atoms with Crippen LogP contribution in [0.4, 0.5) is 0 Å². The van der Waals surface area contributed by atoms with E-state index in [0.717, 1.165) is 23.2 Å². The minimum atomic E-state index is -0.0746. The summed E-state index contributed by atoms with van der Waals surface area (Å²) in [6.07, 6.45) is 1.60. The van der Waals surface area contributed by atoms with Gasteiger partial charge < -0.3 is 5.32 Å². The zero-order valence-corrected chi connectivity index (χ0v) is 17.3. The molecule has 5 heteroatoms. The Balaban J connectivity index is 2.54. The molecule has 0 fully saturated rings. The number of nitrogens with one attached hydrogen (secondary N) is 1. The van der Waals surface area contributed by atoms with E-state index in [1.165, 1.54) is 0 Å². The van der Waals surface area contributed by atoms with Crippen LogP contribution in [0.3, 0.4) is 0 Å². The Morgan fingerprint density at radius 2 is 1.89 bits per heavy atom. The number of benzene rings is 1. The van der Waals surface area contributed by atoms with Gasteiger partial charge in [0.2, 0.25) is 0 Å². The largest absolute Gasteiger partial charge is 0.350 e. The van der Waals surface area contributed by atoms with Crippen molar-refractivity contribution in [3.05, 3.63) is 41.1 Å². The van der Waals surface area contributed by atoms with Crippen LogP contribution in [-0.4, -0.2) is 22.2 Å². The second-order valence-electron chi connectivity index (χ2n) is 8.16. The maximum atomic E-state index is 13.0. The summed E-state index contributed by atoms with van der Waals surface area (Å²) >= 11 is 0. The molecule has 0 bridgehead atoms. The van der Waals surface area contributed by atoms with Gasteiger partial charge in [0.25, 0.3) is 5.91 Å². The Kier molecular flexibility index (Phi) is 6.43. The number of hydrogen-bond acceptors (Lipinski definition) is 3. The molecule has 144 valence electrons. The van der Waals surface area contributed by atoms with Crippen molar-refractivity contribution in [3.8, 4) is 17.3 Å². The number of carbonyl (C=O) groups excluding carboxylic acids is 1. The van der Waals surface area contributed by atoms with E-state index < -0.39 is 0 Å². The van der Waals surface area contributed by atoms with Crippen molar-refractivity contribution in [2.75, 3.05) is 6.54 Å². The van der Waals surface area contributed by atoms with Gasteiger partial charge in [-0.1, -0.05) is 46.8 Å². The summed E-state index contributed by atoms with van der Waals surface area (Å²) < 4.78 is 1.87. The molecule has 0 spiro atoms. The Hall–Kier alpha value is -2.61. The molecular formula is C22H30N4O. The first-order valence-corrected chi connectivity index (χ1v) is 9.61. The first kappa shape index (κ1) is 20.7. The van der Waals surface area contributed by atoms with Crippen molar-refractivity contribution >= 4 is 5.91 Å². The Bertz CT molecular complexity index is 835. The predicted octanol–water partition coefficient (Wildman–Crippen LogP) is 4.73. The van der Waals surface area contributed by atoms with Gasteiger partial charge in [0.1, 0.15) is 5.69 Å². The minimum Gasteiger partial charge on any atom is -0.350 e. The van der Waals surface area contributed by atoms with Crippen LogP contribution in [0.25, 0.3) is 11.3 Å². The standard InChI is InChI=1S/C22H30N4O/c1-7-15(3)26-20(21(27)24-14-22(4,5)6)18(8-2)19(25-26)17-11-9-16(13-23)10-12-17/h9-12,15H,7-8,14H2,1-6H3,(H,24,27). The fraction of sp³-hybridized carbons (Fsp3) is 0.500. The van der Waals surface area contributed by atoms with Crippen molar-refractivity contribution in [1.82, 2.24) is 15.1 Å². The zero-order chi connectivity index (χ0) is 20.2. The molecule has 1 N–H and O–H groups in total. The van der Waals surface area contributed by atoms with E-state index in [1.807, 2.05) is 23.7 Å². The van der Waals surface area contributed by atoms with Crippen molar-refractivity contribution in [2.45, 2.75) is 60.4 Å². The second kappa shape index (κ2) is 8.39. The SMILES string of the molecule is CCc1c(-c2ccc(C#N)cc2)nn(C(C)CC)c1C(=O)NCC(C)(C)C. The lowest BCUT2D eigenvalue weighted by Gasteiger charge is -2.20. The van der Waals surface area contributed by atoms with Crippen LogP contribution < -0.4 is 5.32 Å². The van der Waals surface area contributed by atoms with E-state index in [1.54, 1.807) is 12.1 Å². The highest BCUT2D eigenvalue weighted by atomic mass is 16.2. The first-order chi connectivity index (χ1) is 12.7. The van der Waals surface area contributed by atoms with Crippen LogP contribution in [0.15, 0.2) is 24.3 Å². The van der Waals surface area contributed by atoms with Gasteiger partial charge in [-0.3, -0.25) is 9.48 Å². The Morgan fingerprint density at radius 3 is 2.37 bits per heavy atom. The van der Waals surface area contributed by atoms with E-state index in [0.29, 0.717) is 24.2 Å². The lowest BCUT2D eigenvalue weighted by Crippen LogP contribution is -2.34. The molecule has 1 unspecified atom stereocenters. The van der Waals surface area contributed by atoms with Gasteiger partial charge in [-0.15, -0.1) is 0 Å². The van der Waals surface area contributed by atoms with Crippen molar-refractivity contribution < 1.29 is 4.79 Å². The molecule has 0 saturated heterocycles. The van der Waals surface area contributed by atoms with Crippen LogP contribution in [0, 0.1) is 16.7 Å². The molecule has 1 aromatic heterocycles. The highest BCUT2D eigenvalue weighted by molar-refractivity contribution is 5.96. The van der Waals surface area contributed by atoms with Gasteiger partial charge in [-0.05, 0) is 37.3 Å². The number of nitriles is 1. The van der Waals surface area contributed by atoms with E-state index >= 15 is 0 Å². The van der Waals surface area contributed by atoms with E-state index in [-0.39, 0.29) is 17.4 Å². The number of rotatable bonds is 6.